The van der Waals surface area contributed by atoms with Crippen LogP contribution in [0.4, 0.5) is 0 Å². The van der Waals surface area contributed by atoms with Crippen LogP contribution in [0.2, 0.25) is 0 Å². The molecular formula is C21H21Li. The molecule has 0 fully saturated rings. The molecule has 0 aliphatic heterocycles. The molecule has 1 atom stereocenters. The van der Waals surface area contributed by atoms with Gasteiger partial charge in [0.15, 0.2) is 0 Å². The van der Waals surface area contributed by atoms with Gasteiger partial charge >= 0.3 is 18.9 Å². The van der Waals surface area contributed by atoms with Crippen LogP contribution >= 0.6 is 0 Å². The minimum Gasteiger partial charge on any atom is -0.153 e. The minimum absolute atomic E-state index is 0. The summed E-state index contributed by atoms with van der Waals surface area (Å²) in [6.07, 6.45) is 5.00. The first kappa shape index (κ1) is 15.5. The Hall–Kier alpha value is -1.35. The molecule has 4 rings (SSSR count). The van der Waals surface area contributed by atoms with Gasteiger partial charge < -0.3 is 0 Å². The van der Waals surface area contributed by atoms with Gasteiger partial charge in [0, 0.05) is 0 Å². The zero-order chi connectivity index (χ0) is 14.2. The first-order valence-electron chi connectivity index (χ1n) is 8.06. The molecule has 106 valence electrons. The summed E-state index contributed by atoms with van der Waals surface area (Å²) in [7, 11) is 0. The normalized spacial score (nSPS) is 14.6. The fraction of sp³-hybridized carbons (Fsp3) is 0.286. The summed E-state index contributed by atoms with van der Waals surface area (Å²) in [6.45, 7) is 2.33. The third-order valence-corrected chi connectivity index (χ3v) is 4.97. The van der Waals surface area contributed by atoms with Crippen LogP contribution in [-0.2, 0) is 19.3 Å². The summed E-state index contributed by atoms with van der Waals surface area (Å²) in [4.78, 5) is 0. The largest absolute Gasteiger partial charge is 1.00 e. The van der Waals surface area contributed by atoms with E-state index in [-0.39, 0.29) is 18.9 Å². The van der Waals surface area contributed by atoms with Crippen LogP contribution in [0.3, 0.4) is 0 Å². The number of rotatable bonds is 3. The molecule has 0 saturated heterocycles. The van der Waals surface area contributed by atoms with Crippen molar-refractivity contribution in [3.05, 3.63) is 76.9 Å². The van der Waals surface area contributed by atoms with Crippen LogP contribution in [0.25, 0.3) is 10.8 Å². The summed E-state index contributed by atoms with van der Waals surface area (Å²) >= 11 is 0. The van der Waals surface area contributed by atoms with Crippen molar-refractivity contribution in [2.45, 2.75) is 38.5 Å². The first-order valence-corrected chi connectivity index (χ1v) is 8.06. The van der Waals surface area contributed by atoms with Crippen LogP contribution in [-0.4, -0.2) is 0 Å². The van der Waals surface area contributed by atoms with Crippen LogP contribution in [0.1, 0.15) is 41.5 Å². The molecule has 1 unspecified atom stereocenters. The number of hydrogen-bond donors (Lipinski definition) is 0. The molecule has 0 bridgehead atoms. The van der Waals surface area contributed by atoms with Crippen molar-refractivity contribution in [1.82, 2.24) is 0 Å². The second kappa shape index (κ2) is 6.41. The van der Waals surface area contributed by atoms with E-state index in [4.69, 9.17) is 0 Å². The van der Waals surface area contributed by atoms with Gasteiger partial charge in [-0.15, -0.1) is 35.0 Å². The Bertz CT molecular complexity index is 767. The van der Waals surface area contributed by atoms with E-state index in [0.29, 0.717) is 5.92 Å². The first-order chi connectivity index (χ1) is 10.3. The van der Waals surface area contributed by atoms with Crippen molar-refractivity contribution < 1.29 is 18.9 Å². The molecule has 0 saturated carbocycles. The number of benzene rings is 2. The van der Waals surface area contributed by atoms with Gasteiger partial charge in [-0.3, -0.25) is 0 Å². The van der Waals surface area contributed by atoms with E-state index in [1.807, 2.05) is 0 Å². The molecular weight excluding hydrogens is 259 g/mol. The Morgan fingerprint density at radius 3 is 2.55 bits per heavy atom. The van der Waals surface area contributed by atoms with Gasteiger partial charge in [-0.2, -0.15) is 5.56 Å². The van der Waals surface area contributed by atoms with Crippen LogP contribution in [0.5, 0.6) is 0 Å². The maximum Gasteiger partial charge on any atom is 1.00 e. The fourth-order valence-electron chi connectivity index (χ4n) is 3.75. The second-order valence-electron chi connectivity index (χ2n) is 6.44. The van der Waals surface area contributed by atoms with E-state index in [0.717, 1.165) is 6.42 Å². The van der Waals surface area contributed by atoms with Crippen LogP contribution in [0.15, 0.2) is 54.6 Å². The average molecular weight is 280 g/mol. The Balaban J connectivity index is 0.00000144. The predicted molar refractivity (Wildman–Crippen MR) is 90.1 cm³/mol. The van der Waals surface area contributed by atoms with Crippen LogP contribution in [0, 0.1) is 0 Å². The van der Waals surface area contributed by atoms with Crippen molar-refractivity contribution in [2.24, 2.45) is 0 Å². The molecule has 1 aliphatic rings. The summed E-state index contributed by atoms with van der Waals surface area (Å²) in [5.41, 5.74) is 6.11. The Morgan fingerprint density at radius 2 is 1.77 bits per heavy atom. The van der Waals surface area contributed by atoms with E-state index in [2.05, 4.69) is 61.5 Å². The van der Waals surface area contributed by atoms with Crippen LogP contribution < -0.4 is 18.9 Å². The minimum atomic E-state index is 0. The molecule has 0 N–H and O–H groups in total. The molecule has 0 aromatic heterocycles. The van der Waals surface area contributed by atoms with E-state index in [1.165, 1.54) is 41.2 Å². The zero-order valence-corrected chi connectivity index (χ0v) is 13.6. The molecule has 3 aromatic carbocycles. The Labute approximate surface area is 145 Å². The second-order valence-corrected chi connectivity index (χ2v) is 6.44. The quantitative estimate of drug-likeness (QED) is 0.510. The van der Waals surface area contributed by atoms with E-state index in [1.54, 1.807) is 11.1 Å². The maximum absolute atomic E-state index is 2.46. The molecule has 1 aliphatic carbocycles. The van der Waals surface area contributed by atoms with Crippen molar-refractivity contribution >= 4 is 10.8 Å². The smallest absolute Gasteiger partial charge is 0.153 e. The Morgan fingerprint density at radius 1 is 1.05 bits per heavy atom. The molecule has 0 amide bonds. The molecule has 0 radical (unpaired) electrons. The number of aryl methyl sites for hydroxylation is 2. The average Bonchev–Trinajstić information content (AvgIpc) is 3.13. The molecule has 3 aromatic rings. The summed E-state index contributed by atoms with van der Waals surface area (Å²) in [5, 5.41) is 2.92. The SMILES string of the molecule is CC(Cc1c[cH-]c2cc3c(cc12)CCC3)c1ccccc1.[Li+]. The third kappa shape index (κ3) is 2.79. The fourth-order valence-corrected chi connectivity index (χ4v) is 3.75. The number of fused-ring (bicyclic) bond motifs is 2. The van der Waals surface area contributed by atoms with Crippen molar-refractivity contribution in [2.75, 3.05) is 0 Å². The zero-order valence-electron chi connectivity index (χ0n) is 13.6. The molecule has 0 nitrogen and oxygen atoms in total. The standard InChI is InChI=1S/C21H21.Li/c1-15(16-6-3-2-4-7-16)12-19-10-11-20-13-17-8-5-9-18(17)14-21(19)20;/h2-4,6-7,10-11,13-15H,5,8-9,12H2,1H3;/q-1;+1. The van der Waals surface area contributed by atoms with Crippen molar-refractivity contribution in [3.63, 3.8) is 0 Å². The summed E-state index contributed by atoms with van der Waals surface area (Å²) < 4.78 is 0. The van der Waals surface area contributed by atoms with Gasteiger partial charge in [-0.05, 0) is 30.7 Å². The number of hydrogen-bond acceptors (Lipinski definition) is 0. The Kier molecular flexibility index (Phi) is 4.53. The topological polar surface area (TPSA) is 0 Å². The summed E-state index contributed by atoms with van der Waals surface area (Å²) in [6, 6.07) is 20.4. The van der Waals surface area contributed by atoms with Gasteiger partial charge in [0.1, 0.15) is 0 Å². The molecule has 0 spiro atoms. The molecule has 1 heteroatoms. The monoisotopic (exact) mass is 280 g/mol. The van der Waals surface area contributed by atoms with E-state index >= 15 is 0 Å². The van der Waals surface area contributed by atoms with Gasteiger partial charge in [-0.1, -0.05) is 54.8 Å². The van der Waals surface area contributed by atoms with E-state index in [9.17, 15) is 0 Å². The summed E-state index contributed by atoms with van der Waals surface area (Å²) in [5.74, 6) is 0.574. The predicted octanol–water partition coefficient (Wildman–Crippen LogP) is 2.40. The van der Waals surface area contributed by atoms with Crippen molar-refractivity contribution in [1.29, 1.82) is 0 Å². The van der Waals surface area contributed by atoms with Gasteiger partial charge in [0.05, 0.1) is 0 Å². The maximum atomic E-state index is 2.46. The van der Waals surface area contributed by atoms with E-state index < -0.39 is 0 Å². The molecule has 0 heterocycles. The third-order valence-electron chi connectivity index (χ3n) is 4.97. The van der Waals surface area contributed by atoms with Crippen molar-refractivity contribution in [3.8, 4) is 0 Å². The van der Waals surface area contributed by atoms with Gasteiger partial charge in [-0.25, -0.2) is 0 Å². The van der Waals surface area contributed by atoms with Gasteiger partial charge in [0.25, 0.3) is 0 Å². The molecule has 22 heavy (non-hydrogen) atoms. The van der Waals surface area contributed by atoms with Gasteiger partial charge in [0.2, 0.25) is 0 Å².